The van der Waals surface area contributed by atoms with Crippen molar-refractivity contribution < 1.29 is 0 Å². The molecule has 0 fully saturated rings. The van der Waals surface area contributed by atoms with Gasteiger partial charge < -0.3 is 10.6 Å². The Morgan fingerprint density at radius 1 is 1.33 bits per heavy atom. The van der Waals surface area contributed by atoms with Crippen molar-refractivity contribution in [2.24, 2.45) is 0 Å². The molecule has 4 nitrogen and oxygen atoms in total. The molecule has 0 radical (unpaired) electrons. The maximum Gasteiger partial charge on any atom is 0.149 e. The lowest BCUT2D eigenvalue weighted by Gasteiger charge is -2.17. The van der Waals surface area contributed by atoms with Crippen molar-refractivity contribution >= 4 is 61.0 Å². The lowest BCUT2D eigenvalue weighted by Crippen LogP contribution is -2.15. The van der Waals surface area contributed by atoms with Gasteiger partial charge in [-0.1, -0.05) is 0 Å². The van der Waals surface area contributed by atoms with Crippen molar-refractivity contribution in [1.29, 1.82) is 0 Å². The summed E-state index contributed by atoms with van der Waals surface area (Å²) in [6.07, 6.45) is 0. The van der Waals surface area contributed by atoms with Gasteiger partial charge >= 0.3 is 0 Å². The molecule has 2 N–H and O–H groups in total. The molecule has 0 saturated carbocycles. The maximum atomic E-state index is 6.05. The van der Waals surface area contributed by atoms with Crippen molar-refractivity contribution in [2.75, 3.05) is 17.7 Å². The number of halogens is 1. The zero-order valence-electron chi connectivity index (χ0n) is 11.5. The minimum atomic E-state index is 0.558. The van der Waals surface area contributed by atoms with E-state index in [4.69, 9.17) is 5.73 Å². The number of anilines is 2. The van der Waals surface area contributed by atoms with Crippen LogP contribution >= 0.6 is 50.1 Å². The monoisotopic (exact) mass is 400 g/mol. The predicted octanol–water partition coefficient (Wildman–Crippen LogP) is 4.62. The van der Waals surface area contributed by atoms with Crippen LogP contribution in [0.15, 0.2) is 20.6 Å². The molecule has 0 saturated heterocycles. The smallest absolute Gasteiger partial charge is 0.149 e. The normalized spacial score (nSPS) is 11.0. The van der Waals surface area contributed by atoms with Gasteiger partial charge in [-0.3, -0.25) is 0 Å². The van der Waals surface area contributed by atoms with Gasteiger partial charge in [0.2, 0.25) is 0 Å². The van der Waals surface area contributed by atoms with Gasteiger partial charge in [-0.25, -0.2) is 4.98 Å². The first kappa shape index (κ1) is 15.0. The van der Waals surface area contributed by atoms with Crippen LogP contribution in [0.5, 0.6) is 0 Å². The van der Waals surface area contributed by atoms with Gasteiger partial charge in [-0.15, -0.1) is 22.7 Å². The Labute approximate surface area is 143 Å². The Hall–Kier alpha value is -0.960. The molecule has 3 aromatic heterocycles. The Morgan fingerprint density at radius 3 is 2.76 bits per heavy atom. The van der Waals surface area contributed by atoms with Crippen LogP contribution in [0.2, 0.25) is 0 Å². The molecule has 0 unspecified atom stereocenters. The van der Waals surface area contributed by atoms with E-state index in [1.807, 2.05) is 12.3 Å². The highest BCUT2D eigenvalue weighted by Gasteiger charge is 2.19. The van der Waals surface area contributed by atoms with Crippen molar-refractivity contribution in [1.82, 2.24) is 9.36 Å². The lowest BCUT2D eigenvalue weighted by molar-refractivity contribution is 0.940. The van der Waals surface area contributed by atoms with Crippen molar-refractivity contribution in [3.05, 3.63) is 31.9 Å². The molecule has 0 bridgehead atoms. The third-order valence-corrected chi connectivity index (χ3v) is 6.43. The highest BCUT2D eigenvalue weighted by atomic mass is 79.9. The van der Waals surface area contributed by atoms with E-state index in [1.165, 1.54) is 17.1 Å². The molecule has 0 aromatic carbocycles. The van der Waals surface area contributed by atoms with E-state index >= 15 is 0 Å². The number of nitrogen functional groups attached to an aromatic ring is 1. The minimum Gasteiger partial charge on any atom is -0.382 e. The van der Waals surface area contributed by atoms with Gasteiger partial charge in [0.15, 0.2) is 0 Å². The van der Waals surface area contributed by atoms with Gasteiger partial charge in [0.05, 0.1) is 9.35 Å². The van der Waals surface area contributed by atoms with E-state index in [0.717, 1.165) is 31.6 Å². The summed E-state index contributed by atoms with van der Waals surface area (Å²) < 4.78 is 5.45. The number of aromatic nitrogens is 2. The van der Waals surface area contributed by atoms with Gasteiger partial charge in [0, 0.05) is 24.7 Å². The number of aryl methyl sites for hydroxylation is 1. The second-order valence-corrected chi connectivity index (χ2v) is 8.56. The van der Waals surface area contributed by atoms with Crippen LogP contribution in [0, 0.1) is 6.92 Å². The van der Waals surface area contributed by atoms with Crippen molar-refractivity contribution in [3.8, 4) is 10.6 Å². The highest BCUT2D eigenvalue weighted by molar-refractivity contribution is 9.11. The summed E-state index contributed by atoms with van der Waals surface area (Å²) >= 11 is 8.22. The van der Waals surface area contributed by atoms with Crippen molar-refractivity contribution in [3.63, 3.8) is 0 Å². The van der Waals surface area contributed by atoms with Gasteiger partial charge in [0.1, 0.15) is 15.8 Å². The lowest BCUT2D eigenvalue weighted by atomic mass is 10.3. The van der Waals surface area contributed by atoms with Gasteiger partial charge in [0.25, 0.3) is 0 Å². The second-order valence-electron chi connectivity index (χ2n) is 4.66. The number of thiazole rings is 1. The third kappa shape index (κ3) is 3.13. The predicted molar refractivity (Wildman–Crippen MR) is 96.5 cm³/mol. The van der Waals surface area contributed by atoms with E-state index in [2.05, 4.69) is 48.7 Å². The fraction of sp³-hybridized carbons (Fsp3) is 0.231. The molecule has 3 heterocycles. The molecule has 0 atom stereocenters. The fourth-order valence-corrected chi connectivity index (χ4v) is 4.89. The molecule has 0 aliphatic rings. The summed E-state index contributed by atoms with van der Waals surface area (Å²) in [6.45, 7) is 2.81. The van der Waals surface area contributed by atoms with E-state index < -0.39 is 0 Å². The number of hydrogen-bond acceptors (Lipinski definition) is 7. The van der Waals surface area contributed by atoms with E-state index in [1.54, 1.807) is 22.7 Å². The molecule has 3 aromatic rings. The fourth-order valence-electron chi connectivity index (χ4n) is 2.00. The first-order chi connectivity index (χ1) is 10.0. The van der Waals surface area contributed by atoms with Crippen LogP contribution in [-0.4, -0.2) is 16.4 Å². The van der Waals surface area contributed by atoms with E-state index in [0.29, 0.717) is 5.82 Å². The number of rotatable bonds is 4. The van der Waals surface area contributed by atoms with Crippen molar-refractivity contribution in [2.45, 2.75) is 13.5 Å². The number of nitrogens with zero attached hydrogens (tertiary/aromatic N) is 3. The second kappa shape index (κ2) is 6.04. The summed E-state index contributed by atoms with van der Waals surface area (Å²) in [5.74, 6) is 0.558. The average Bonchev–Trinajstić information content (AvgIpc) is 3.11. The molecular formula is C13H13BrN4S3. The molecule has 0 aliphatic carbocycles. The number of thiophene rings is 1. The summed E-state index contributed by atoms with van der Waals surface area (Å²) in [4.78, 5) is 6.72. The summed E-state index contributed by atoms with van der Waals surface area (Å²) in [5.41, 5.74) is 9.28. The minimum absolute atomic E-state index is 0.558. The molecular weight excluding hydrogens is 388 g/mol. The summed E-state index contributed by atoms with van der Waals surface area (Å²) in [6, 6.07) is 2.14. The van der Waals surface area contributed by atoms with E-state index in [9.17, 15) is 0 Å². The molecule has 21 heavy (non-hydrogen) atoms. The molecule has 0 aliphatic heterocycles. The maximum absolute atomic E-state index is 6.05. The standard InChI is InChI=1S/C13H13BrN4S3/c1-7-5-20-12(16-7)10-11(15)17-21-13(10)18(2)4-8-3-9(14)19-6-8/h3,5-6H,4H2,1-2H3,(H2,15,17). The third-order valence-electron chi connectivity index (χ3n) is 2.92. The summed E-state index contributed by atoms with van der Waals surface area (Å²) in [7, 11) is 2.06. The Morgan fingerprint density at radius 2 is 2.14 bits per heavy atom. The van der Waals surface area contributed by atoms with Gasteiger partial charge in [-0.05, 0) is 51.4 Å². The quantitative estimate of drug-likeness (QED) is 0.693. The number of hydrogen-bond donors (Lipinski definition) is 1. The molecule has 0 amide bonds. The SMILES string of the molecule is Cc1csc(-c2c(N)nsc2N(C)Cc2csc(Br)c2)n1. The van der Waals surface area contributed by atoms with Crippen LogP contribution in [-0.2, 0) is 6.54 Å². The molecule has 110 valence electrons. The van der Waals surface area contributed by atoms with Crippen LogP contribution in [0.4, 0.5) is 10.8 Å². The first-order valence-electron chi connectivity index (χ1n) is 6.16. The Kier molecular flexibility index (Phi) is 4.30. The Balaban J connectivity index is 1.92. The molecule has 0 spiro atoms. The first-order valence-corrected chi connectivity index (χ1v) is 9.49. The van der Waals surface area contributed by atoms with Gasteiger partial charge in [-0.2, -0.15) is 4.37 Å². The molecule has 3 rings (SSSR count). The number of nitrogens with two attached hydrogens (primary N) is 1. The molecule has 8 heteroatoms. The van der Waals surface area contributed by atoms with Crippen LogP contribution in [0.1, 0.15) is 11.3 Å². The summed E-state index contributed by atoms with van der Waals surface area (Å²) in [5, 5.41) is 6.18. The topological polar surface area (TPSA) is 55.0 Å². The zero-order chi connectivity index (χ0) is 15.0. The average molecular weight is 401 g/mol. The van der Waals surface area contributed by atoms with Crippen LogP contribution in [0.3, 0.4) is 0 Å². The van der Waals surface area contributed by atoms with Crippen LogP contribution < -0.4 is 10.6 Å². The van der Waals surface area contributed by atoms with Crippen LogP contribution in [0.25, 0.3) is 10.6 Å². The van der Waals surface area contributed by atoms with E-state index in [-0.39, 0.29) is 0 Å². The zero-order valence-corrected chi connectivity index (χ0v) is 15.5. The Bertz CT molecular complexity index is 761. The largest absolute Gasteiger partial charge is 0.382 e. The highest BCUT2D eigenvalue weighted by Crippen LogP contribution is 2.40.